The Bertz CT molecular complexity index is 652. The first-order valence-electron chi connectivity index (χ1n) is 8.52. The fourth-order valence-electron chi connectivity index (χ4n) is 2.83. The number of nitrogens with zero attached hydrogens (tertiary/aromatic N) is 2. The van der Waals surface area contributed by atoms with Gasteiger partial charge in [-0.15, -0.1) is 5.10 Å². The highest BCUT2D eigenvalue weighted by Gasteiger charge is 2.30. The van der Waals surface area contributed by atoms with Gasteiger partial charge in [0.1, 0.15) is 5.75 Å². The molecule has 1 unspecified atom stereocenters. The van der Waals surface area contributed by atoms with Crippen molar-refractivity contribution in [3.05, 3.63) is 41.7 Å². The van der Waals surface area contributed by atoms with Crippen molar-refractivity contribution < 1.29 is 9.47 Å². The van der Waals surface area contributed by atoms with Crippen molar-refractivity contribution in [1.29, 1.82) is 5.53 Å². The molecule has 128 valence electrons. The molecule has 1 aromatic rings. The molecule has 1 N–H and O–H groups in total. The largest absolute Gasteiger partial charge is 0.490 e. The van der Waals surface area contributed by atoms with E-state index in [4.69, 9.17) is 15.0 Å². The Morgan fingerprint density at radius 1 is 1.17 bits per heavy atom. The third kappa shape index (κ3) is 3.66. The lowest BCUT2D eigenvalue weighted by atomic mass is 9.82. The van der Waals surface area contributed by atoms with Crippen LogP contribution in [-0.2, 0) is 4.74 Å². The Hall–Kier alpha value is -2.17. The van der Waals surface area contributed by atoms with E-state index in [1.54, 1.807) is 0 Å². The van der Waals surface area contributed by atoms with Gasteiger partial charge in [-0.25, -0.2) is 0 Å². The van der Waals surface area contributed by atoms with Crippen LogP contribution < -0.4 is 4.74 Å². The van der Waals surface area contributed by atoms with E-state index in [-0.39, 0.29) is 11.5 Å². The minimum absolute atomic E-state index is 0.00817. The van der Waals surface area contributed by atoms with Gasteiger partial charge in [-0.2, -0.15) is 5.53 Å². The molecule has 1 atom stereocenters. The van der Waals surface area contributed by atoms with E-state index in [0.29, 0.717) is 12.5 Å². The standard InChI is InChI=1S/C19H25N3O2/c1-19(2,3)14-11-17(21-22-20)18(23-12-14)13-7-9-16(10-8-13)24-15-5-4-6-15/h7-10,12,15,18,20H,4-6,11H2,1-3H3. The van der Waals surface area contributed by atoms with Gasteiger partial charge in [-0.1, -0.05) is 38.1 Å². The number of nitrogens with one attached hydrogen (secondary N) is 1. The molecule has 1 aromatic carbocycles. The molecular formula is C19H25N3O2. The van der Waals surface area contributed by atoms with Crippen LogP contribution in [0.2, 0.25) is 0 Å². The summed E-state index contributed by atoms with van der Waals surface area (Å²) in [6.07, 6.45) is 6.16. The van der Waals surface area contributed by atoms with Crippen molar-refractivity contribution in [3.63, 3.8) is 0 Å². The Morgan fingerprint density at radius 2 is 1.88 bits per heavy atom. The lowest BCUT2D eigenvalue weighted by molar-refractivity contribution is 0.120. The molecule has 1 aliphatic carbocycles. The summed E-state index contributed by atoms with van der Waals surface area (Å²) in [5.74, 6) is 0.897. The molecule has 2 aliphatic rings. The maximum Gasteiger partial charge on any atom is 0.163 e. The quantitative estimate of drug-likeness (QED) is 0.594. The summed E-state index contributed by atoms with van der Waals surface area (Å²) < 4.78 is 11.8. The van der Waals surface area contributed by atoms with Crippen molar-refractivity contribution in [1.82, 2.24) is 0 Å². The minimum atomic E-state index is -0.289. The SMILES string of the molecule is CC(C)(C)C1=COC(c2ccc(OC3CCC3)cc2)C(=NN=N)C1. The van der Waals surface area contributed by atoms with Gasteiger partial charge in [0.05, 0.1) is 18.1 Å². The molecule has 1 saturated carbocycles. The predicted molar refractivity (Wildman–Crippen MR) is 93.3 cm³/mol. The van der Waals surface area contributed by atoms with E-state index in [0.717, 1.165) is 35.4 Å². The average molecular weight is 327 g/mol. The van der Waals surface area contributed by atoms with Crippen LogP contribution in [0.3, 0.4) is 0 Å². The number of ether oxygens (including phenoxy) is 2. The molecule has 5 heteroatoms. The molecule has 0 amide bonds. The van der Waals surface area contributed by atoms with E-state index in [1.165, 1.54) is 6.42 Å². The van der Waals surface area contributed by atoms with E-state index in [2.05, 4.69) is 31.1 Å². The second-order valence-corrected chi connectivity index (χ2v) is 7.52. The number of hydrogen-bond acceptors (Lipinski definition) is 4. The van der Waals surface area contributed by atoms with Gasteiger partial charge in [0.2, 0.25) is 0 Å². The third-order valence-corrected chi connectivity index (χ3v) is 4.70. The molecule has 0 aromatic heterocycles. The van der Waals surface area contributed by atoms with Crippen LogP contribution in [0.15, 0.2) is 46.4 Å². The highest BCUT2D eigenvalue weighted by atomic mass is 16.5. The van der Waals surface area contributed by atoms with E-state index in [9.17, 15) is 0 Å². The number of allylic oxidation sites excluding steroid dienone is 1. The van der Waals surface area contributed by atoms with Gasteiger partial charge in [0.15, 0.2) is 6.10 Å². The van der Waals surface area contributed by atoms with E-state index in [1.807, 2.05) is 30.5 Å². The molecule has 5 nitrogen and oxygen atoms in total. The number of benzene rings is 1. The zero-order valence-electron chi connectivity index (χ0n) is 14.6. The summed E-state index contributed by atoms with van der Waals surface area (Å²) in [6, 6.07) is 7.98. The molecular weight excluding hydrogens is 302 g/mol. The highest BCUT2D eigenvalue weighted by Crippen LogP contribution is 2.37. The maximum absolute atomic E-state index is 7.09. The van der Waals surface area contributed by atoms with E-state index < -0.39 is 0 Å². The number of hydrogen-bond donors (Lipinski definition) is 1. The predicted octanol–water partition coefficient (Wildman–Crippen LogP) is 5.40. The Labute approximate surface area is 143 Å². The van der Waals surface area contributed by atoms with Crippen molar-refractivity contribution in [2.45, 2.75) is 58.7 Å². The van der Waals surface area contributed by atoms with Gasteiger partial charge in [-0.05, 0) is 47.9 Å². The topological polar surface area (TPSA) is 67.0 Å². The molecule has 1 aliphatic heterocycles. The molecule has 0 saturated heterocycles. The van der Waals surface area contributed by atoms with Crippen LogP contribution in [0.1, 0.15) is 58.1 Å². The molecule has 0 radical (unpaired) electrons. The molecule has 3 rings (SSSR count). The molecule has 1 fully saturated rings. The Morgan fingerprint density at radius 3 is 2.42 bits per heavy atom. The zero-order valence-corrected chi connectivity index (χ0v) is 14.6. The summed E-state index contributed by atoms with van der Waals surface area (Å²) in [7, 11) is 0. The van der Waals surface area contributed by atoms with Crippen LogP contribution in [0.5, 0.6) is 5.75 Å². The molecule has 0 bridgehead atoms. The fourth-order valence-corrected chi connectivity index (χ4v) is 2.83. The minimum Gasteiger partial charge on any atom is -0.490 e. The summed E-state index contributed by atoms with van der Waals surface area (Å²) in [6.45, 7) is 6.43. The van der Waals surface area contributed by atoms with Crippen LogP contribution in [0, 0.1) is 10.9 Å². The Balaban J connectivity index is 1.77. The second-order valence-electron chi connectivity index (χ2n) is 7.52. The van der Waals surface area contributed by atoms with Crippen LogP contribution in [-0.4, -0.2) is 11.8 Å². The zero-order chi connectivity index (χ0) is 17.2. The first-order chi connectivity index (χ1) is 11.5. The fraction of sp³-hybridized carbons (Fsp3) is 0.526. The van der Waals surface area contributed by atoms with Crippen molar-refractivity contribution in [2.75, 3.05) is 0 Å². The van der Waals surface area contributed by atoms with Gasteiger partial charge >= 0.3 is 0 Å². The van der Waals surface area contributed by atoms with Gasteiger partial charge in [0, 0.05) is 6.42 Å². The summed E-state index contributed by atoms with van der Waals surface area (Å²) in [5.41, 5.74) is 10.0. The average Bonchev–Trinajstić information content (AvgIpc) is 2.51. The lowest BCUT2D eigenvalue weighted by Gasteiger charge is -2.31. The summed E-state index contributed by atoms with van der Waals surface area (Å²) >= 11 is 0. The first-order valence-corrected chi connectivity index (χ1v) is 8.52. The van der Waals surface area contributed by atoms with E-state index >= 15 is 0 Å². The maximum atomic E-state index is 7.09. The van der Waals surface area contributed by atoms with Gasteiger partial charge < -0.3 is 9.47 Å². The summed E-state index contributed by atoms with van der Waals surface area (Å²) in [4.78, 5) is 0. The van der Waals surface area contributed by atoms with Gasteiger partial charge in [-0.3, -0.25) is 0 Å². The molecule has 24 heavy (non-hydrogen) atoms. The first kappa shape index (κ1) is 16.7. The monoisotopic (exact) mass is 327 g/mol. The smallest absolute Gasteiger partial charge is 0.163 e. The van der Waals surface area contributed by atoms with Crippen molar-refractivity contribution in [3.8, 4) is 5.75 Å². The van der Waals surface area contributed by atoms with Crippen molar-refractivity contribution in [2.24, 2.45) is 15.7 Å². The molecule has 1 heterocycles. The lowest BCUT2D eigenvalue weighted by Crippen LogP contribution is -2.25. The highest BCUT2D eigenvalue weighted by molar-refractivity contribution is 5.92. The summed E-state index contributed by atoms with van der Waals surface area (Å²) in [5, 5.41) is 7.24. The molecule has 0 spiro atoms. The third-order valence-electron chi connectivity index (χ3n) is 4.70. The van der Waals surface area contributed by atoms with Crippen LogP contribution >= 0.6 is 0 Å². The van der Waals surface area contributed by atoms with Gasteiger partial charge in [0.25, 0.3) is 0 Å². The van der Waals surface area contributed by atoms with Crippen molar-refractivity contribution >= 4 is 5.71 Å². The normalized spacial score (nSPS) is 23.2. The Kier molecular flexibility index (Phi) is 4.69. The van der Waals surface area contributed by atoms with Crippen LogP contribution in [0.25, 0.3) is 0 Å². The number of rotatable bonds is 4. The van der Waals surface area contributed by atoms with Crippen LogP contribution in [0.4, 0.5) is 0 Å². The second kappa shape index (κ2) is 6.75.